The molecule has 0 spiro atoms. The van der Waals surface area contributed by atoms with Crippen LogP contribution in [0.4, 0.5) is 0 Å². The molecule has 44 heavy (non-hydrogen) atoms. The maximum atomic E-state index is 4.51. The number of pyridine rings is 2. The summed E-state index contributed by atoms with van der Waals surface area (Å²) in [4.78, 5) is 8.97. The molecule has 2 aromatic heterocycles. The first-order valence-electron chi connectivity index (χ1n) is 14.9. The van der Waals surface area contributed by atoms with Crippen LogP contribution in [-0.2, 0) is 26.5 Å². The number of nitrogens with zero attached hydrogens (tertiary/aromatic N) is 2. The van der Waals surface area contributed by atoms with E-state index < -0.39 is 0 Å². The van der Waals surface area contributed by atoms with Crippen molar-refractivity contribution in [3.05, 3.63) is 169 Å². The maximum absolute atomic E-state index is 4.51. The zero-order valence-corrected chi connectivity index (χ0v) is 28.2. The predicted octanol–water partition coefficient (Wildman–Crippen LogP) is 10.5. The van der Waals surface area contributed by atoms with Crippen molar-refractivity contribution in [2.24, 2.45) is 5.41 Å². The fourth-order valence-electron chi connectivity index (χ4n) is 5.09. The molecule has 223 valence electrons. The zero-order valence-electron chi connectivity index (χ0n) is 25.8. The molecule has 6 rings (SSSR count). The first-order chi connectivity index (χ1) is 20.9. The van der Waals surface area contributed by atoms with Crippen molar-refractivity contribution in [2.75, 3.05) is 0 Å². The van der Waals surface area contributed by atoms with E-state index in [1.807, 2.05) is 54.9 Å². The van der Waals surface area contributed by atoms with Crippen molar-refractivity contribution in [3.8, 4) is 33.6 Å². The Morgan fingerprint density at radius 3 is 1.89 bits per heavy atom. The van der Waals surface area contributed by atoms with E-state index in [1.54, 1.807) is 0 Å². The summed E-state index contributed by atoms with van der Waals surface area (Å²) in [6.07, 6.45) is 4.82. The van der Waals surface area contributed by atoms with Gasteiger partial charge >= 0.3 is 0 Å². The van der Waals surface area contributed by atoms with Crippen LogP contribution >= 0.6 is 0 Å². The van der Waals surface area contributed by atoms with Crippen LogP contribution in [0.15, 0.2) is 140 Å². The quantitative estimate of drug-likeness (QED) is 0.159. The van der Waals surface area contributed by atoms with Crippen LogP contribution in [0, 0.1) is 17.5 Å². The minimum absolute atomic E-state index is 0. The van der Waals surface area contributed by atoms with Gasteiger partial charge in [0.15, 0.2) is 0 Å². The number of rotatable bonds is 6. The molecular weight excluding hydrogens is 713 g/mol. The molecule has 0 aliphatic heterocycles. The molecule has 0 aliphatic carbocycles. The Hall–Kier alpha value is -4.17. The Labute approximate surface area is 276 Å². The topological polar surface area (TPSA) is 25.8 Å². The van der Waals surface area contributed by atoms with Crippen molar-refractivity contribution in [1.29, 1.82) is 0 Å². The molecule has 0 aliphatic rings. The number of hydrogen-bond acceptors (Lipinski definition) is 2. The molecule has 0 amide bonds. The van der Waals surface area contributed by atoms with Gasteiger partial charge in [-0.05, 0) is 46.5 Å². The van der Waals surface area contributed by atoms with E-state index in [4.69, 9.17) is 0 Å². The van der Waals surface area contributed by atoms with Crippen molar-refractivity contribution in [3.63, 3.8) is 0 Å². The van der Waals surface area contributed by atoms with E-state index in [-0.39, 0.29) is 25.5 Å². The molecular formula is C41H38IrN2-2. The van der Waals surface area contributed by atoms with E-state index in [0.29, 0.717) is 5.92 Å². The normalized spacial score (nSPS) is 11.5. The summed E-state index contributed by atoms with van der Waals surface area (Å²) >= 11 is 0. The minimum atomic E-state index is 0. The van der Waals surface area contributed by atoms with E-state index in [0.717, 1.165) is 28.9 Å². The third-order valence-corrected chi connectivity index (χ3v) is 7.32. The van der Waals surface area contributed by atoms with Crippen molar-refractivity contribution >= 4 is 0 Å². The van der Waals surface area contributed by atoms with E-state index in [1.165, 1.54) is 27.8 Å². The molecule has 1 radical (unpaired) electrons. The van der Waals surface area contributed by atoms with Crippen molar-refractivity contribution in [1.82, 2.24) is 9.97 Å². The molecule has 2 heterocycles. The van der Waals surface area contributed by atoms with Crippen LogP contribution in [0.1, 0.15) is 50.3 Å². The monoisotopic (exact) mass is 751 g/mol. The average molecular weight is 751 g/mol. The van der Waals surface area contributed by atoms with Crippen LogP contribution in [0.3, 0.4) is 0 Å². The summed E-state index contributed by atoms with van der Waals surface area (Å²) in [5.74, 6) is 0.363. The van der Waals surface area contributed by atoms with Gasteiger partial charge in [-0.2, -0.15) is 0 Å². The predicted molar refractivity (Wildman–Crippen MR) is 180 cm³/mol. The van der Waals surface area contributed by atoms with Crippen LogP contribution in [0.2, 0.25) is 0 Å². The Morgan fingerprint density at radius 2 is 1.25 bits per heavy atom. The second-order valence-electron chi connectivity index (χ2n) is 12.0. The van der Waals surface area contributed by atoms with Crippen molar-refractivity contribution in [2.45, 2.75) is 40.0 Å². The van der Waals surface area contributed by atoms with Gasteiger partial charge in [0.05, 0.1) is 0 Å². The van der Waals surface area contributed by atoms with Gasteiger partial charge < -0.3 is 9.97 Å². The molecule has 6 aromatic rings. The Balaban J connectivity index is 0.000000198. The molecule has 0 bridgehead atoms. The second-order valence-corrected chi connectivity index (χ2v) is 12.0. The largest absolute Gasteiger partial charge is 0.305 e. The first-order valence-corrected chi connectivity index (χ1v) is 14.9. The SMILES string of the molecule is CC(C)(C)Cc1ccnc(-c2[c-]cc(-c3ccccc3)cc2)c1.CC(c1ccccc1)c1ccnc(-c2[c-]cccc2)c1.[Ir]. The van der Waals surface area contributed by atoms with Gasteiger partial charge in [0.1, 0.15) is 0 Å². The number of benzene rings is 4. The molecule has 0 saturated heterocycles. The molecule has 1 unspecified atom stereocenters. The molecule has 0 saturated carbocycles. The smallest absolute Gasteiger partial charge is 0.0163 e. The fraction of sp³-hybridized carbons (Fsp3) is 0.171. The van der Waals surface area contributed by atoms with Gasteiger partial charge in [-0.1, -0.05) is 117 Å². The Kier molecular flexibility index (Phi) is 11.5. The summed E-state index contributed by atoms with van der Waals surface area (Å²) < 4.78 is 0. The Morgan fingerprint density at radius 1 is 0.614 bits per heavy atom. The Bertz CT molecular complexity index is 1710. The third-order valence-electron chi connectivity index (χ3n) is 7.32. The number of aromatic nitrogens is 2. The molecule has 0 fully saturated rings. The summed E-state index contributed by atoms with van der Waals surface area (Å²) in [7, 11) is 0. The maximum Gasteiger partial charge on any atom is 0.0163 e. The zero-order chi connectivity index (χ0) is 30.1. The molecule has 1 atom stereocenters. The van der Waals surface area contributed by atoms with Gasteiger partial charge in [-0.25, -0.2) is 0 Å². The van der Waals surface area contributed by atoms with Crippen LogP contribution in [0.5, 0.6) is 0 Å². The van der Waals surface area contributed by atoms with Crippen LogP contribution in [-0.4, -0.2) is 9.97 Å². The molecule has 2 nitrogen and oxygen atoms in total. The summed E-state index contributed by atoms with van der Waals surface area (Å²) in [6.45, 7) is 9.00. The molecule has 4 aromatic carbocycles. The van der Waals surface area contributed by atoms with Crippen LogP contribution in [0.25, 0.3) is 33.6 Å². The van der Waals surface area contributed by atoms with Crippen LogP contribution < -0.4 is 0 Å². The van der Waals surface area contributed by atoms with Gasteiger partial charge in [-0.3, -0.25) is 0 Å². The van der Waals surface area contributed by atoms with Gasteiger partial charge in [0, 0.05) is 38.4 Å². The molecule has 3 heteroatoms. The van der Waals surface area contributed by atoms with Crippen molar-refractivity contribution < 1.29 is 20.1 Å². The van der Waals surface area contributed by atoms with Gasteiger partial charge in [-0.15, -0.1) is 65.7 Å². The standard InChI is InChI=1S/C22H22N.C19H16N.Ir/c1-22(2,3)16-17-13-14-23-21(15-17)20-11-9-19(10-12-20)18-7-5-4-6-8-18;1-15(16-8-4-2-5-9-16)18-12-13-20-19(14-18)17-10-6-3-7-11-17;/h4-11,13-15H,16H2,1-3H3;2-10,12-15H,1H3;/q2*-1;. The van der Waals surface area contributed by atoms with Gasteiger partial charge in [0.25, 0.3) is 0 Å². The summed E-state index contributed by atoms with van der Waals surface area (Å²) in [6, 6.07) is 50.3. The third kappa shape index (κ3) is 9.16. The summed E-state index contributed by atoms with van der Waals surface area (Å²) in [5, 5.41) is 0. The van der Waals surface area contributed by atoms with E-state index in [2.05, 4.69) is 135 Å². The van der Waals surface area contributed by atoms with Gasteiger partial charge in [0.2, 0.25) is 0 Å². The number of hydrogen-bond donors (Lipinski definition) is 0. The molecule has 0 N–H and O–H groups in total. The fourth-order valence-corrected chi connectivity index (χ4v) is 5.09. The van der Waals surface area contributed by atoms with E-state index >= 15 is 0 Å². The second kappa shape index (κ2) is 15.5. The average Bonchev–Trinajstić information content (AvgIpc) is 3.05. The van der Waals surface area contributed by atoms with E-state index in [9.17, 15) is 0 Å². The minimum Gasteiger partial charge on any atom is -0.305 e. The summed E-state index contributed by atoms with van der Waals surface area (Å²) in [5.41, 5.74) is 10.6. The first kappa shape index (κ1) is 32.7.